The molecule has 0 fully saturated rings. The topological polar surface area (TPSA) is 26.0 Å². The molecule has 2 N–H and O–H groups in total. The van der Waals surface area contributed by atoms with Gasteiger partial charge in [0.15, 0.2) is 0 Å². The normalized spacial score (nSPS) is 11.5. The van der Waals surface area contributed by atoms with Crippen LogP contribution in [0.25, 0.3) is 22.3 Å². The van der Waals surface area contributed by atoms with Crippen molar-refractivity contribution in [2.24, 2.45) is 0 Å². The minimum atomic E-state index is 0.229. The van der Waals surface area contributed by atoms with E-state index in [0.29, 0.717) is 0 Å². The van der Waals surface area contributed by atoms with Crippen LogP contribution < -0.4 is 5.73 Å². The highest BCUT2D eigenvalue weighted by atomic mass is 14.5. The second-order valence-electron chi connectivity index (χ2n) is 7.47. The van der Waals surface area contributed by atoms with Gasteiger partial charge in [0.25, 0.3) is 0 Å². The Morgan fingerprint density at radius 3 is 1.88 bits per heavy atom. The third-order valence-electron chi connectivity index (χ3n) is 5.33. The molecule has 0 aliphatic rings. The first-order valence-electron chi connectivity index (χ1n) is 8.98. The van der Waals surface area contributed by atoms with Gasteiger partial charge in [-0.15, -0.1) is 0 Å². The third-order valence-corrected chi connectivity index (χ3v) is 5.33. The van der Waals surface area contributed by atoms with Gasteiger partial charge in [0, 0.05) is 5.69 Å². The van der Waals surface area contributed by atoms with Gasteiger partial charge in [0.1, 0.15) is 0 Å². The Kier molecular flexibility index (Phi) is 4.67. The van der Waals surface area contributed by atoms with Crippen LogP contribution in [0.2, 0.25) is 0 Å². The number of nitrogen functional groups attached to an aromatic ring is 1. The van der Waals surface area contributed by atoms with Gasteiger partial charge in [-0.25, -0.2) is 0 Å². The van der Waals surface area contributed by atoms with E-state index in [1.54, 1.807) is 0 Å². The maximum atomic E-state index is 5.79. The van der Waals surface area contributed by atoms with Gasteiger partial charge in [0.05, 0.1) is 0 Å². The first kappa shape index (κ1) is 17.3. The lowest BCUT2D eigenvalue weighted by atomic mass is 9.81. The second-order valence-corrected chi connectivity index (χ2v) is 7.47. The standard InChI is InChI=1S/C24H27N/c1-5-24(3,4)21-11-6-19(7-12-21)23-15-10-20(16-17(23)2)18-8-13-22(25)14-9-18/h6-16H,5,25H2,1-4H3. The lowest BCUT2D eigenvalue weighted by Gasteiger charge is -2.23. The van der Waals surface area contributed by atoms with Gasteiger partial charge < -0.3 is 5.73 Å². The van der Waals surface area contributed by atoms with E-state index < -0.39 is 0 Å². The quantitative estimate of drug-likeness (QED) is 0.536. The molecule has 0 saturated heterocycles. The number of rotatable bonds is 4. The molecule has 128 valence electrons. The second kappa shape index (κ2) is 6.76. The van der Waals surface area contributed by atoms with E-state index in [2.05, 4.69) is 82.3 Å². The van der Waals surface area contributed by atoms with Gasteiger partial charge >= 0.3 is 0 Å². The fourth-order valence-corrected chi connectivity index (χ4v) is 3.15. The van der Waals surface area contributed by atoms with E-state index in [0.717, 1.165) is 12.1 Å². The lowest BCUT2D eigenvalue weighted by Crippen LogP contribution is -2.14. The summed E-state index contributed by atoms with van der Waals surface area (Å²) in [5.41, 5.74) is 14.5. The zero-order chi connectivity index (χ0) is 18.0. The van der Waals surface area contributed by atoms with Crippen LogP contribution in [0.15, 0.2) is 66.7 Å². The fraction of sp³-hybridized carbons (Fsp3) is 0.250. The zero-order valence-electron chi connectivity index (χ0n) is 15.6. The van der Waals surface area contributed by atoms with Crippen LogP contribution in [-0.2, 0) is 5.41 Å². The molecule has 1 heteroatoms. The minimum Gasteiger partial charge on any atom is -0.399 e. The highest BCUT2D eigenvalue weighted by Gasteiger charge is 2.17. The Balaban J connectivity index is 1.92. The van der Waals surface area contributed by atoms with Gasteiger partial charge in [-0.2, -0.15) is 0 Å². The fourth-order valence-electron chi connectivity index (χ4n) is 3.15. The predicted molar refractivity (Wildman–Crippen MR) is 110 cm³/mol. The average molecular weight is 329 g/mol. The van der Waals surface area contributed by atoms with E-state index in [4.69, 9.17) is 5.73 Å². The summed E-state index contributed by atoms with van der Waals surface area (Å²) >= 11 is 0. The van der Waals surface area contributed by atoms with Gasteiger partial charge in [0.2, 0.25) is 0 Å². The number of hydrogen-bond acceptors (Lipinski definition) is 1. The molecule has 0 amide bonds. The Labute approximate surface area is 151 Å². The van der Waals surface area contributed by atoms with Crippen LogP contribution in [0.3, 0.4) is 0 Å². The maximum absolute atomic E-state index is 5.79. The molecule has 0 bridgehead atoms. The van der Waals surface area contributed by atoms with Crippen molar-refractivity contribution in [3.8, 4) is 22.3 Å². The number of benzene rings is 3. The molecule has 3 aromatic carbocycles. The molecule has 0 aliphatic carbocycles. The van der Waals surface area contributed by atoms with Crippen molar-refractivity contribution >= 4 is 5.69 Å². The summed E-state index contributed by atoms with van der Waals surface area (Å²) in [7, 11) is 0. The summed E-state index contributed by atoms with van der Waals surface area (Å²) in [5, 5.41) is 0. The Morgan fingerprint density at radius 1 is 0.760 bits per heavy atom. The summed E-state index contributed by atoms with van der Waals surface area (Å²) in [6, 6.07) is 23.8. The molecule has 0 saturated carbocycles. The molecule has 0 unspecified atom stereocenters. The van der Waals surface area contributed by atoms with Crippen LogP contribution >= 0.6 is 0 Å². The summed E-state index contributed by atoms with van der Waals surface area (Å²) in [5.74, 6) is 0. The number of hydrogen-bond donors (Lipinski definition) is 1. The molecule has 3 aromatic rings. The highest BCUT2D eigenvalue weighted by Crippen LogP contribution is 2.32. The van der Waals surface area contributed by atoms with Crippen LogP contribution in [0.5, 0.6) is 0 Å². The van der Waals surface area contributed by atoms with E-state index in [1.807, 2.05) is 12.1 Å². The van der Waals surface area contributed by atoms with Crippen LogP contribution in [-0.4, -0.2) is 0 Å². The van der Waals surface area contributed by atoms with Crippen molar-refractivity contribution in [2.75, 3.05) is 5.73 Å². The largest absolute Gasteiger partial charge is 0.399 e. The molecule has 0 aliphatic heterocycles. The van der Waals surface area contributed by atoms with Crippen molar-refractivity contribution in [1.82, 2.24) is 0 Å². The zero-order valence-corrected chi connectivity index (χ0v) is 15.6. The first-order chi connectivity index (χ1) is 11.9. The van der Waals surface area contributed by atoms with Crippen molar-refractivity contribution in [1.29, 1.82) is 0 Å². The summed E-state index contributed by atoms with van der Waals surface area (Å²) < 4.78 is 0. The monoisotopic (exact) mass is 329 g/mol. The van der Waals surface area contributed by atoms with Crippen molar-refractivity contribution in [3.63, 3.8) is 0 Å². The maximum Gasteiger partial charge on any atom is 0.0314 e. The van der Waals surface area contributed by atoms with E-state index in [9.17, 15) is 0 Å². The van der Waals surface area contributed by atoms with Crippen molar-refractivity contribution in [2.45, 2.75) is 39.5 Å². The smallest absolute Gasteiger partial charge is 0.0314 e. The molecule has 3 rings (SSSR count). The van der Waals surface area contributed by atoms with E-state index in [-0.39, 0.29) is 5.41 Å². The van der Waals surface area contributed by atoms with Crippen LogP contribution in [0, 0.1) is 6.92 Å². The minimum absolute atomic E-state index is 0.229. The molecule has 25 heavy (non-hydrogen) atoms. The highest BCUT2D eigenvalue weighted by molar-refractivity contribution is 5.74. The van der Waals surface area contributed by atoms with Gasteiger partial charge in [-0.05, 0) is 64.3 Å². The first-order valence-corrected chi connectivity index (χ1v) is 8.98. The summed E-state index contributed by atoms with van der Waals surface area (Å²) in [6.07, 6.45) is 1.14. The molecule has 0 aromatic heterocycles. The van der Waals surface area contributed by atoms with Crippen LogP contribution in [0.4, 0.5) is 5.69 Å². The number of nitrogens with two attached hydrogens (primary N) is 1. The number of anilines is 1. The molecule has 1 nitrogen and oxygen atoms in total. The van der Waals surface area contributed by atoms with Gasteiger partial charge in [-0.3, -0.25) is 0 Å². The predicted octanol–water partition coefficient (Wildman–Crippen LogP) is 6.60. The van der Waals surface area contributed by atoms with Crippen molar-refractivity contribution < 1.29 is 0 Å². The lowest BCUT2D eigenvalue weighted by molar-refractivity contribution is 0.506. The summed E-state index contributed by atoms with van der Waals surface area (Å²) in [4.78, 5) is 0. The third kappa shape index (κ3) is 3.61. The van der Waals surface area contributed by atoms with Gasteiger partial charge in [-0.1, -0.05) is 75.4 Å². The molecule has 0 radical (unpaired) electrons. The molecule has 0 spiro atoms. The van der Waals surface area contributed by atoms with E-state index >= 15 is 0 Å². The SMILES string of the molecule is CCC(C)(C)c1ccc(-c2ccc(-c3ccc(N)cc3)cc2C)cc1. The van der Waals surface area contributed by atoms with Crippen LogP contribution in [0.1, 0.15) is 38.3 Å². The van der Waals surface area contributed by atoms with Crippen molar-refractivity contribution in [3.05, 3.63) is 77.9 Å². The number of aryl methyl sites for hydroxylation is 1. The summed E-state index contributed by atoms with van der Waals surface area (Å²) in [6.45, 7) is 9.03. The molecule has 0 heterocycles. The Morgan fingerprint density at radius 2 is 1.32 bits per heavy atom. The Bertz CT molecular complexity index is 856. The van der Waals surface area contributed by atoms with E-state index in [1.165, 1.54) is 33.4 Å². The molecule has 0 atom stereocenters. The average Bonchev–Trinajstić information content (AvgIpc) is 2.62. The molecular weight excluding hydrogens is 302 g/mol. The Hall–Kier alpha value is -2.54. The molecular formula is C24H27N.